The summed E-state index contributed by atoms with van der Waals surface area (Å²) in [5, 5.41) is 0.547. The smallest absolute Gasteiger partial charge is 0.261 e. The van der Waals surface area contributed by atoms with Gasteiger partial charge in [-0.05, 0) is 37.5 Å². The Balaban J connectivity index is 1.63. The maximum Gasteiger partial charge on any atom is 0.261 e. The average Bonchev–Trinajstić information content (AvgIpc) is 3.21. The number of carbonyl (C=O) groups excluding carboxylic acids is 1. The zero-order chi connectivity index (χ0) is 15.7. The lowest BCUT2D eigenvalue weighted by Crippen LogP contribution is -2.45. The SMILES string of the molecule is O=C(COc1cccc(Cl)c1)N(C1CC1)[C@@H]1CCS(=O)(=O)C1. The number of carbonyl (C=O) groups is 1. The minimum Gasteiger partial charge on any atom is -0.484 e. The van der Waals surface area contributed by atoms with E-state index < -0.39 is 9.84 Å². The van der Waals surface area contributed by atoms with Crippen LogP contribution in [0, 0.1) is 0 Å². The molecule has 1 aromatic carbocycles. The molecule has 0 unspecified atom stereocenters. The molecule has 1 aliphatic heterocycles. The van der Waals surface area contributed by atoms with Gasteiger partial charge in [-0.3, -0.25) is 4.79 Å². The molecular formula is C15H18ClNO4S. The Kier molecular flexibility index (Phi) is 4.32. The van der Waals surface area contributed by atoms with Crippen molar-refractivity contribution in [3.8, 4) is 5.75 Å². The summed E-state index contributed by atoms with van der Waals surface area (Å²) in [4.78, 5) is 14.2. The molecule has 1 saturated carbocycles. The summed E-state index contributed by atoms with van der Waals surface area (Å²) < 4.78 is 28.8. The van der Waals surface area contributed by atoms with Crippen molar-refractivity contribution in [1.29, 1.82) is 0 Å². The van der Waals surface area contributed by atoms with Crippen molar-refractivity contribution in [2.24, 2.45) is 0 Å². The van der Waals surface area contributed by atoms with Gasteiger partial charge in [0, 0.05) is 17.1 Å². The number of nitrogens with zero attached hydrogens (tertiary/aromatic N) is 1. The molecule has 7 heteroatoms. The van der Waals surface area contributed by atoms with Gasteiger partial charge in [0.15, 0.2) is 16.4 Å². The molecule has 0 aromatic heterocycles. The van der Waals surface area contributed by atoms with Gasteiger partial charge < -0.3 is 9.64 Å². The van der Waals surface area contributed by atoms with E-state index in [2.05, 4.69) is 0 Å². The number of hydrogen-bond donors (Lipinski definition) is 0. The predicted octanol–water partition coefficient (Wildman–Crippen LogP) is 1.90. The molecule has 3 rings (SSSR count). The van der Waals surface area contributed by atoms with Crippen molar-refractivity contribution in [2.45, 2.75) is 31.3 Å². The van der Waals surface area contributed by atoms with Crippen LogP contribution >= 0.6 is 11.6 Å². The summed E-state index contributed by atoms with van der Waals surface area (Å²) in [6.45, 7) is -0.0899. The van der Waals surface area contributed by atoms with Crippen molar-refractivity contribution in [3.63, 3.8) is 0 Å². The van der Waals surface area contributed by atoms with Crippen LogP contribution in [0.1, 0.15) is 19.3 Å². The Labute approximate surface area is 135 Å². The molecule has 1 aromatic rings. The van der Waals surface area contributed by atoms with Crippen molar-refractivity contribution < 1.29 is 17.9 Å². The van der Waals surface area contributed by atoms with Crippen LogP contribution in [-0.4, -0.2) is 49.4 Å². The molecule has 5 nitrogen and oxygen atoms in total. The van der Waals surface area contributed by atoms with Crippen molar-refractivity contribution in [2.75, 3.05) is 18.1 Å². The van der Waals surface area contributed by atoms with Crippen LogP contribution in [0.25, 0.3) is 0 Å². The fourth-order valence-corrected chi connectivity index (χ4v) is 4.72. The second kappa shape index (κ2) is 6.08. The van der Waals surface area contributed by atoms with Crippen LogP contribution < -0.4 is 4.74 Å². The van der Waals surface area contributed by atoms with Crippen LogP contribution in [0.2, 0.25) is 5.02 Å². The minimum absolute atomic E-state index is 0.0758. The van der Waals surface area contributed by atoms with Crippen molar-refractivity contribution in [3.05, 3.63) is 29.3 Å². The Morgan fingerprint density at radius 1 is 1.27 bits per heavy atom. The summed E-state index contributed by atoms with van der Waals surface area (Å²) >= 11 is 5.88. The third kappa shape index (κ3) is 3.73. The first-order chi connectivity index (χ1) is 10.4. The summed E-state index contributed by atoms with van der Waals surface area (Å²) in [6, 6.07) is 6.85. The van der Waals surface area contributed by atoms with Gasteiger partial charge in [0.25, 0.3) is 5.91 Å². The Bertz CT molecular complexity index is 672. The fourth-order valence-electron chi connectivity index (χ4n) is 2.83. The fraction of sp³-hybridized carbons (Fsp3) is 0.533. The molecule has 0 bridgehead atoms. The van der Waals surface area contributed by atoms with E-state index in [1.54, 1.807) is 29.2 Å². The molecule has 1 amide bonds. The van der Waals surface area contributed by atoms with E-state index in [0.717, 1.165) is 12.8 Å². The van der Waals surface area contributed by atoms with Crippen molar-refractivity contribution >= 4 is 27.3 Å². The predicted molar refractivity (Wildman–Crippen MR) is 83.9 cm³/mol. The van der Waals surface area contributed by atoms with Crippen LogP contribution in [0.3, 0.4) is 0 Å². The maximum atomic E-state index is 12.5. The number of halogens is 1. The highest BCUT2D eigenvalue weighted by Crippen LogP contribution is 2.32. The Morgan fingerprint density at radius 3 is 2.64 bits per heavy atom. The summed E-state index contributed by atoms with van der Waals surface area (Å²) in [5.74, 6) is 0.635. The van der Waals surface area contributed by atoms with Crippen LogP contribution in [-0.2, 0) is 14.6 Å². The third-order valence-corrected chi connectivity index (χ3v) is 5.97. The number of benzene rings is 1. The number of amides is 1. The molecule has 1 saturated heterocycles. The Hall–Kier alpha value is -1.27. The van der Waals surface area contributed by atoms with Crippen molar-refractivity contribution in [1.82, 2.24) is 4.90 Å². The molecule has 1 heterocycles. The Morgan fingerprint density at radius 2 is 2.05 bits per heavy atom. The highest BCUT2D eigenvalue weighted by molar-refractivity contribution is 7.91. The van der Waals surface area contributed by atoms with E-state index in [1.165, 1.54) is 0 Å². The summed E-state index contributed by atoms with van der Waals surface area (Å²) in [5.41, 5.74) is 0. The number of rotatable bonds is 5. The second-order valence-corrected chi connectivity index (χ2v) is 8.50. The largest absolute Gasteiger partial charge is 0.484 e. The van der Waals surface area contributed by atoms with Gasteiger partial charge in [0.05, 0.1) is 11.5 Å². The monoisotopic (exact) mass is 343 g/mol. The molecule has 120 valence electrons. The lowest BCUT2D eigenvalue weighted by atomic mass is 10.2. The highest BCUT2D eigenvalue weighted by atomic mass is 35.5. The number of hydrogen-bond acceptors (Lipinski definition) is 4. The lowest BCUT2D eigenvalue weighted by Gasteiger charge is -2.28. The van der Waals surface area contributed by atoms with Gasteiger partial charge in [-0.15, -0.1) is 0 Å². The number of ether oxygens (including phenoxy) is 1. The van der Waals surface area contributed by atoms with E-state index in [0.29, 0.717) is 17.2 Å². The molecule has 22 heavy (non-hydrogen) atoms. The van der Waals surface area contributed by atoms with Gasteiger partial charge in [0.1, 0.15) is 5.75 Å². The highest BCUT2D eigenvalue weighted by Gasteiger charge is 2.42. The molecular weight excluding hydrogens is 326 g/mol. The number of sulfone groups is 1. The second-order valence-electron chi connectivity index (χ2n) is 5.84. The molecule has 0 radical (unpaired) electrons. The van der Waals surface area contributed by atoms with E-state index in [1.807, 2.05) is 0 Å². The van der Waals surface area contributed by atoms with Gasteiger partial charge in [0.2, 0.25) is 0 Å². The van der Waals surface area contributed by atoms with Crippen LogP contribution in [0.5, 0.6) is 5.75 Å². The van der Waals surface area contributed by atoms with Crippen LogP contribution in [0.15, 0.2) is 24.3 Å². The summed E-state index contributed by atoms with van der Waals surface area (Å²) in [7, 11) is -3.00. The van der Waals surface area contributed by atoms with Gasteiger partial charge in [-0.25, -0.2) is 8.42 Å². The van der Waals surface area contributed by atoms with E-state index in [-0.39, 0.29) is 36.1 Å². The minimum atomic E-state index is -3.00. The van der Waals surface area contributed by atoms with Crippen LogP contribution in [0.4, 0.5) is 0 Å². The molecule has 2 fully saturated rings. The van der Waals surface area contributed by atoms with Gasteiger partial charge in [-0.1, -0.05) is 17.7 Å². The first kappa shape index (κ1) is 15.6. The van der Waals surface area contributed by atoms with Gasteiger partial charge in [-0.2, -0.15) is 0 Å². The first-order valence-electron chi connectivity index (χ1n) is 7.34. The zero-order valence-corrected chi connectivity index (χ0v) is 13.6. The van der Waals surface area contributed by atoms with E-state index in [4.69, 9.17) is 16.3 Å². The van der Waals surface area contributed by atoms with Gasteiger partial charge >= 0.3 is 0 Å². The molecule has 1 atom stereocenters. The third-order valence-electron chi connectivity index (χ3n) is 3.99. The lowest BCUT2D eigenvalue weighted by molar-refractivity contribution is -0.135. The average molecular weight is 344 g/mol. The maximum absolute atomic E-state index is 12.5. The normalized spacial score (nSPS) is 23.2. The standard InChI is InChI=1S/C15H18ClNO4S/c16-11-2-1-3-14(8-11)21-9-15(18)17(12-4-5-12)13-6-7-22(19,20)10-13/h1-3,8,12-13H,4-7,9-10H2/t13-/m1/s1. The van der Waals surface area contributed by atoms with E-state index in [9.17, 15) is 13.2 Å². The summed E-state index contributed by atoms with van der Waals surface area (Å²) in [6.07, 6.45) is 2.42. The molecule has 1 aliphatic carbocycles. The quantitative estimate of drug-likeness (QED) is 0.819. The first-order valence-corrected chi connectivity index (χ1v) is 9.54. The zero-order valence-electron chi connectivity index (χ0n) is 12.1. The molecule has 0 spiro atoms. The molecule has 2 aliphatic rings. The topological polar surface area (TPSA) is 63.7 Å². The molecule has 0 N–H and O–H groups in total. The van der Waals surface area contributed by atoms with E-state index >= 15 is 0 Å².